The van der Waals surface area contributed by atoms with E-state index < -0.39 is 29.5 Å². The van der Waals surface area contributed by atoms with Crippen molar-refractivity contribution in [1.29, 1.82) is 5.26 Å². The Morgan fingerprint density at radius 1 is 1.18 bits per heavy atom. The largest absolute Gasteiger partial charge is 0.370 e. The van der Waals surface area contributed by atoms with Crippen LogP contribution in [0.25, 0.3) is 11.1 Å². The van der Waals surface area contributed by atoms with Crippen LogP contribution in [0, 0.1) is 29.9 Å². The summed E-state index contributed by atoms with van der Waals surface area (Å²) in [6.45, 7) is 4.97. The van der Waals surface area contributed by atoms with Gasteiger partial charge < -0.3 is 15.6 Å². The average molecular weight is 485 g/mol. The number of rotatable bonds is 7. The summed E-state index contributed by atoms with van der Waals surface area (Å²) in [7, 11) is 0. The summed E-state index contributed by atoms with van der Waals surface area (Å²) in [4.78, 5) is 25.2. The van der Waals surface area contributed by atoms with Crippen LogP contribution < -0.4 is 11.1 Å². The predicted molar refractivity (Wildman–Crippen MR) is 125 cm³/mol. The minimum Gasteiger partial charge on any atom is -0.370 e. The van der Waals surface area contributed by atoms with Crippen LogP contribution >= 0.6 is 11.6 Å². The summed E-state index contributed by atoms with van der Waals surface area (Å²) in [5.41, 5.74) is 5.69. The van der Waals surface area contributed by atoms with Crippen LogP contribution in [0.1, 0.15) is 59.5 Å². The minimum atomic E-state index is -0.831. The van der Waals surface area contributed by atoms with Crippen molar-refractivity contribution in [3.05, 3.63) is 81.6 Å². The molecule has 1 heterocycles. The van der Waals surface area contributed by atoms with Crippen molar-refractivity contribution < 1.29 is 18.4 Å². The molecule has 6 nitrogen and oxygen atoms in total. The third-order valence-electron chi connectivity index (χ3n) is 5.50. The van der Waals surface area contributed by atoms with Crippen LogP contribution in [0.2, 0.25) is 5.02 Å². The van der Waals surface area contributed by atoms with Crippen LogP contribution in [-0.2, 0) is 4.79 Å². The molecule has 2 aromatic carbocycles. The van der Waals surface area contributed by atoms with Crippen LogP contribution in [0.5, 0.6) is 0 Å². The highest BCUT2D eigenvalue weighted by Crippen LogP contribution is 2.36. The van der Waals surface area contributed by atoms with Gasteiger partial charge in [-0.2, -0.15) is 5.26 Å². The summed E-state index contributed by atoms with van der Waals surface area (Å²) < 4.78 is 30.8. The first kappa shape index (κ1) is 24.9. The molecule has 0 saturated carbocycles. The van der Waals surface area contributed by atoms with Crippen molar-refractivity contribution in [2.75, 3.05) is 0 Å². The number of halogens is 3. The lowest BCUT2D eigenvalue weighted by Gasteiger charge is -2.19. The van der Waals surface area contributed by atoms with Gasteiger partial charge in [0.1, 0.15) is 23.4 Å². The smallest absolute Gasteiger partial charge is 0.254 e. The Labute approximate surface area is 200 Å². The van der Waals surface area contributed by atoms with Crippen LogP contribution in [0.4, 0.5) is 8.78 Å². The summed E-state index contributed by atoms with van der Waals surface area (Å²) >= 11 is 6.07. The van der Waals surface area contributed by atoms with Gasteiger partial charge in [0.05, 0.1) is 18.0 Å². The molecule has 0 saturated heterocycles. The van der Waals surface area contributed by atoms with Gasteiger partial charge in [0.25, 0.3) is 5.91 Å². The standard InChI is InChI=1S/C25H23ClF2N4O2/c1-13(2)32-12-17(24(21(32)11-29)23-14(3)18(27)7-8-19(23)28)25(34)31-20(10-22(30)33)15-5-4-6-16(26)9-15/h4-9,12-13,20H,10H2,1-3H3,(H2,30,33)(H,31,34)/t20-/m0/s1. The number of nitrogens with two attached hydrogens (primary N) is 1. The molecule has 0 spiro atoms. The highest BCUT2D eigenvalue weighted by atomic mass is 35.5. The molecule has 0 unspecified atom stereocenters. The Kier molecular flexibility index (Phi) is 7.38. The highest BCUT2D eigenvalue weighted by molar-refractivity contribution is 6.30. The zero-order chi connectivity index (χ0) is 25.2. The lowest BCUT2D eigenvalue weighted by Crippen LogP contribution is -2.32. The maximum absolute atomic E-state index is 14.9. The Morgan fingerprint density at radius 3 is 2.44 bits per heavy atom. The molecule has 3 aromatic rings. The lowest BCUT2D eigenvalue weighted by molar-refractivity contribution is -0.118. The second-order valence-electron chi connectivity index (χ2n) is 8.16. The molecule has 0 bridgehead atoms. The SMILES string of the molecule is Cc1c(F)ccc(F)c1-c1c(C(=O)N[C@@H](CC(N)=O)c2cccc(Cl)c2)cn(C(C)C)c1C#N. The molecule has 3 rings (SSSR count). The Hall–Kier alpha value is -3.70. The molecule has 2 amide bonds. The van der Waals surface area contributed by atoms with Gasteiger partial charge in [-0.05, 0) is 56.2 Å². The quantitative estimate of drug-likeness (QED) is 0.482. The van der Waals surface area contributed by atoms with Gasteiger partial charge in [-0.3, -0.25) is 9.59 Å². The van der Waals surface area contributed by atoms with Crippen molar-refractivity contribution in [2.24, 2.45) is 5.73 Å². The molecule has 0 aliphatic heterocycles. The Bertz CT molecular complexity index is 1310. The molecule has 0 fully saturated rings. The zero-order valence-electron chi connectivity index (χ0n) is 18.8. The Balaban J connectivity index is 2.19. The van der Waals surface area contributed by atoms with E-state index in [-0.39, 0.29) is 40.4 Å². The first-order valence-electron chi connectivity index (χ1n) is 10.5. The Morgan fingerprint density at radius 2 is 1.85 bits per heavy atom. The van der Waals surface area contributed by atoms with E-state index in [1.165, 1.54) is 17.7 Å². The van der Waals surface area contributed by atoms with Gasteiger partial charge in [-0.25, -0.2) is 8.78 Å². The van der Waals surface area contributed by atoms with Crippen molar-refractivity contribution in [3.63, 3.8) is 0 Å². The van der Waals surface area contributed by atoms with Crippen LogP contribution in [0.15, 0.2) is 42.6 Å². The zero-order valence-corrected chi connectivity index (χ0v) is 19.6. The molecule has 34 heavy (non-hydrogen) atoms. The second-order valence-corrected chi connectivity index (χ2v) is 8.60. The maximum atomic E-state index is 14.9. The fraction of sp³-hybridized carbons (Fsp3) is 0.240. The van der Waals surface area contributed by atoms with E-state index in [4.69, 9.17) is 17.3 Å². The molecular weight excluding hydrogens is 462 g/mol. The number of nitriles is 1. The number of nitrogens with one attached hydrogen (secondary N) is 1. The van der Waals surface area contributed by atoms with Crippen molar-refractivity contribution in [1.82, 2.24) is 9.88 Å². The number of carbonyl (C=O) groups is 2. The molecule has 9 heteroatoms. The van der Waals surface area contributed by atoms with E-state index in [0.717, 1.165) is 12.1 Å². The van der Waals surface area contributed by atoms with E-state index >= 15 is 0 Å². The maximum Gasteiger partial charge on any atom is 0.254 e. The van der Waals surface area contributed by atoms with Gasteiger partial charge in [0.2, 0.25) is 5.91 Å². The van der Waals surface area contributed by atoms with E-state index in [2.05, 4.69) is 5.32 Å². The third kappa shape index (κ3) is 4.95. The number of hydrogen-bond donors (Lipinski definition) is 2. The van der Waals surface area contributed by atoms with Crippen LogP contribution in [-0.4, -0.2) is 16.4 Å². The molecule has 1 atom stereocenters. The number of aromatic nitrogens is 1. The molecular formula is C25H23ClF2N4O2. The second kappa shape index (κ2) is 10.1. The van der Waals surface area contributed by atoms with Crippen molar-refractivity contribution >= 4 is 23.4 Å². The number of nitrogens with zero attached hydrogens (tertiary/aromatic N) is 2. The molecule has 1 aromatic heterocycles. The molecule has 0 radical (unpaired) electrons. The topological polar surface area (TPSA) is 101 Å². The van der Waals surface area contributed by atoms with Crippen molar-refractivity contribution in [3.8, 4) is 17.2 Å². The third-order valence-corrected chi connectivity index (χ3v) is 5.73. The predicted octanol–water partition coefficient (Wildman–Crippen LogP) is 5.19. The monoisotopic (exact) mass is 484 g/mol. The number of benzene rings is 2. The minimum absolute atomic E-state index is 0.0157. The van der Waals surface area contributed by atoms with Gasteiger partial charge in [0, 0.05) is 28.4 Å². The number of amides is 2. The van der Waals surface area contributed by atoms with E-state index in [1.54, 1.807) is 38.1 Å². The summed E-state index contributed by atoms with van der Waals surface area (Å²) in [5.74, 6) is -2.78. The molecule has 3 N–H and O–H groups in total. The number of carbonyl (C=O) groups excluding carboxylic acids is 2. The fourth-order valence-electron chi connectivity index (χ4n) is 3.84. The fourth-order valence-corrected chi connectivity index (χ4v) is 4.04. The average Bonchev–Trinajstić information content (AvgIpc) is 3.15. The summed E-state index contributed by atoms with van der Waals surface area (Å²) in [6.07, 6.45) is 1.21. The first-order valence-corrected chi connectivity index (χ1v) is 10.9. The molecule has 0 aliphatic rings. The van der Waals surface area contributed by atoms with Crippen molar-refractivity contribution in [2.45, 2.75) is 39.3 Å². The summed E-state index contributed by atoms with van der Waals surface area (Å²) in [5, 5.41) is 13.0. The first-order chi connectivity index (χ1) is 16.0. The van der Waals surface area contributed by atoms with Gasteiger partial charge >= 0.3 is 0 Å². The molecule has 176 valence electrons. The van der Waals surface area contributed by atoms with E-state index in [0.29, 0.717) is 10.6 Å². The molecule has 0 aliphatic carbocycles. The van der Waals surface area contributed by atoms with Crippen LogP contribution in [0.3, 0.4) is 0 Å². The highest BCUT2D eigenvalue weighted by Gasteiger charge is 2.29. The summed E-state index contributed by atoms with van der Waals surface area (Å²) in [6, 6.07) is 9.46. The normalized spacial score (nSPS) is 11.8. The number of hydrogen-bond acceptors (Lipinski definition) is 3. The van der Waals surface area contributed by atoms with Gasteiger partial charge in [0.15, 0.2) is 0 Å². The van der Waals surface area contributed by atoms with Gasteiger partial charge in [-0.15, -0.1) is 0 Å². The van der Waals surface area contributed by atoms with E-state index in [9.17, 15) is 23.6 Å². The van der Waals surface area contributed by atoms with Gasteiger partial charge in [-0.1, -0.05) is 23.7 Å². The number of primary amides is 1. The van der Waals surface area contributed by atoms with E-state index in [1.807, 2.05) is 6.07 Å². The lowest BCUT2D eigenvalue weighted by atomic mass is 9.95.